The quantitative estimate of drug-likeness (QED) is 0.340. The second-order valence-corrected chi connectivity index (χ2v) is 8.51. The predicted molar refractivity (Wildman–Crippen MR) is 118 cm³/mol. The van der Waals surface area contributed by atoms with Gasteiger partial charge in [-0.15, -0.1) is 11.3 Å². The summed E-state index contributed by atoms with van der Waals surface area (Å²) in [6.45, 7) is 0. The Balaban J connectivity index is 1.46. The number of hydrogen-bond acceptors (Lipinski definition) is 4. The van der Waals surface area contributed by atoms with Gasteiger partial charge in [-0.3, -0.25) is 10.1 Å². The summed E-state index contributed by atoms with van der Waals surface area (Å²) in [5.41, 5.74) is 1.66. The highest BCUT2D eigenvalue weighted by Crippen LogP contribution is 2.32. The number of aromatic nitrogens is 1. The summed E-state index contributed by atoms with van der Waals surface area (Å²) in [5, 5.41) is 4.92. The van der Waals surface area contributed by atoms with E-state index in [9.17, 15) is 4.79 Å². The largest absolute Gasteiger partial charge is 0.451 e. The first-order valence-electron chi connectivity index (χ1n) is 8.54. The van der Waals surface area contributed by atoms with Crippen LogP contribution in [0.5, 0.6) is 0 Å². The predicted octanol–water partition coefficient (Wildman–Crippen LogP) is 7.21. The van der Waals surface area contributed by atoms with Crippen molar-refractivity contribution >= 4 is 57.2 Å². The molecule has 4 rings (SSSR count). The van der Waals surface area contributed by atoms with Gasteiger partial charge in [0.05, 0.1) is 5.02 Å². The number of nitrogens with zero attached hydrogens (tertiary/aromatic N) is 1. The molecule has 0 aliphatic heterocycles. The number of carbonyl (C=O) groups is 1. The number of carbonyl (C=O) groups excluding carboxylic acids is 1. The van der Waals surface area contributed by atoms with Crippen molar-refractivity contribution in [3.05, 3.63) is 92.1 Å². The van der Waals surface area contributed by atoms with E-state index in [4.69, 9.17) is 39.2 Å². The van der Waals surface area contributed by atoms with Crippen molar-refractivity contribution in [3.8, 4) is 11.3 Å². The Hall–Kier alpha value is -2.31. The number of benzene rings is 2. The standard InChI is InChI=1S/C21H13Cl3N2O2S/c22-13-5-6-15(17(24)10-13)18-7-8-19(28-18)20(27)26-21-25-11-14(29-21)9-12-3-1-2-4-16(12)23/h1-8,10-11H,9H2,(H,25,26,27). The van der Waals surface area contributed by atoms with Gasteiger partial charge in [-0.05, 0) is 42.0 Å². The fourth-order valence-corrected chi connectivity index (χ4v) is 4.26. The molecule has 0 fully saturated rings. The van der Waals surface area contributed by atoms with Crippen LogP contribution < -0.4 is 5.32 Å². The maximum atomic E-state index is 12.5. The minimum Gasteiger partial charge on any atom is -0.451 e. The molecule has 8 heteroatoms. The lowest BCUT2D eigenvalue weighted by Crippen LogP contribution is -2.10. The fraction of sp³-hybridized carbons (Fsp3) is 0.0476. The third-order valence-electron chi connectivity index (χ3n) is 4.12. The SMILES string of the molecule is O=C(Nc1ncc(Cc2ccccc2Cl)s1)c1ccc(-c2ccc(Cl)cc2Cl)o1. The maximum Gasteiger partial charge on any atom is 0.293 e. The summed E-state index contributed by atoms with van der Waals surface area (Å²) in [7, 11) is 0. The lowest BCUT2D eigenvalue weighted by molar-refractivity contribution is 0.0997. The maximum absolute atomic E-state index is 12.5. The van der Waals surface area contributed by atoms with Crippen molar-refractivity contribution in [2.24, 2.45) is 0 Å². The molecular formula is C21H13Cl3N2O2S. The lowest BCUT2D eigenvalue weighted by Gasteiger charge is -2.02. The lowest BCUT2D eigenvalue weighted by atomic mass is 10.1. The average Bonchev–Trinajstić information content (AvgIpc) is 3.33. The molecule has 0 bridgehead atoms. The zero-order valence-electron chi connectivity index (χ0n) is 14.8. The number of furan rings is 1. The van der Waals surface area contributed by atoms with Crippen LogP contribution in [-0.2, 0) is 6.42 Å². The first kappa shape index (κ1) is 20.0. The molecule has 146 valence electrons. The molecule has 0 radical (unpaired) electrons. The van der Waals surface area contributed by atoms with Crippen LogP contribution in [0.4, 0.5) is 5.13 Å². The molecule has 0 saturated heterocycles. The molecule has 0 aliphatic rings. The number of hydrogen-bond donors (Lipinski definition) is 1. The van der Waals surface area contributed by atoms with E-state index in [1.54, 1.807) is 36.5 Å². The number of thiazole rings is 1. The van der Waals surface area contributed by atoms with E-state index < -0.39 is 0 Å². The van der Waals surface area contributed by atoms with Gasteiger partial charge in [0.2, 0.25) is 0 Å². The van der Waals surface area contributed by atoms with E-state index in [0.717, 1.165) is 10.4 Å². The van der Waals surface area contributed by atoms with Crippen LogP contribution in [-0.4, -0.2) is 10.9 Å². The Kier molecular flexibility index (Phi) is 5.92. The van der Waals surface area contributed by atoms with Crippen molar-refractivity contribution < 1.29 is 9.21 Å². The summed E-state index contributed by atoms with van der Waals surface area (Å²) < 4.78 is 5.66. The van der Waals surface area contributed by atoms with Crippen LogP contribution in [0.25, 0.3) is 11.3 Å². The highest BCUT2D eigenvalue weighted by Gasteiger charge is 2.16. The monoisotopic (exact) mass is 462 g/mol. The van der Waals surface area contributed by atoms with Gasteiger partial charge in [-0.1, -0.05) is 53.0 Å². The van der Waals surface area contributed by atoms with Gasteiger partial charge in [0.15, 0.2) is 10.9 Å². The molecule has 0 spiro atoms. The highest BCUT2D eigenvalue weighted by atomic mass is 35.5. The van der Waals surface area contributed by atoms with E-state index in [1.807, 2.05) is 24.3 Å². The van der Waals surface area contributed by atoms with Crippen molar-refractivity contribution in [1.82, 2.24) is 4.98 Å². The van der Waals surface area contributed by atoms with Gasteiger partial charge in [-0.2, -0.15) is 0 Å². The minimum absolute atomic E-state index is 0.161. The normalized spacial score (nSPS) is 10.9. The summed E-state index contributed by atoms with van der Waals surface area (Å²) in [4.78, 5) is 17.8. The van der Waals surface area contributed by atoms with Crippen LogP contribution >= 0.6 is 46.1 Å². The molecule has 2 heterocycles. The first-order valence-corrected chi connectivity index (χ1v) is 10.5. The molecular weight excluding hydrogens is 451 g/mol. The van der Waals surface area contributed by atoms with Crippen LogP contribution in [0.1, 0.15) is 21.0 Å². The first-order chi connectivity index (χ1) is 14.0. The van der Waals surface area contributed by atoms with Crippen molar-refractivity contribution in [3.63, 3.8) is 0 Å². The molecule has 4 aromatic rings. The van der Waals surface area contributed by atoms with E-state index >= 15 is 0 Å². The number of anilines is 1. The van der Waals surface area contributed by atoms with E-state index in [2.05, 4.69) is 10.3 Å². The summed E-state index contributed by atoms with van der Waals surface area (Å²) in [6, 6.07) is 16.0. The van der Waals surface area contributed by atoms with Crippen LogP contribution in [0, 0.1) is 0 Å². The third-order valence-corrected chi connectivity index (χ3v) is 5.95. The van der Waals surface area contributed by atoms with Gasteiger partial charge in [0, 0.05) is 33.1 Å². The molecule has 29 heavy (non-hydrogen) atoms. The highest BCUT2D eigenvalue weighted by molar-refractivity contribution is 7.15. The Labute approximate surface area is 186 Å². The Morgan fingerprint density at radius 3 is 2.66 bits per heavy atom. The minimum atomic E-state index is -0.389. The Bertz CT molecular complexity index is 1190. The van der Waals surface area contributed by atoms with Crippen LogP contribution in [0.15, 0.2) is 65.2 Å². The Morgan fingerprint density at radius 2 is 1.86 bits per heavy atom. The molecule has 0 aliphatic carbocycles. The van der Waals surface area contributed by atoms with E-state index in [1.165, 1.54) is 11.3 Å². The van der Waals surface area contributed by atoms with E-state index in [-0.39, 0.29) is 11.7 Å². The molecule has 0 atom stereocenters. The van der Waals surface area contributed by atoms with Gasteiger partial charge >= 0.3 is 0 Å². The van der Waals surface area contributed by atoms with Gasteiger partial charge in [0.25, 0.3) is 5.91 Å². The number of rotatable bonds is 5. The topological polar surface area (TPSA) is 55.1 Å². The summed E-state index contributed by atoms with van der Waals surface area (Å²) in [5.74, 6) is 0.254. The van der Waals surface area contributed by atoms with Gasteiger partial charge in [0.1, 0.15) is 5.76 Å². The smallest absolute Gasteiger partial charge is 0.293 e. The second kappa shape index (κ2) is 8.59. The molecule has 2 aromatic heterocycles. The fourth-order valence-electron chi connectivity index (χ4n) is 2.73. The second-order valence-electron chi connectivity index (χ2n) is 6.14. The number of amides is 1. The van der Waals surface area contributed by atoms with Crippen molar-refractivity contribution in [1.29, 1.82) is 0 Å². The van der Waals surface area contributed by atoms with Crippen molar-refractivity contribution in [2.45, 2.75) is 6.42 Å². The zero-order valence-corrected chi connectivity index (χ0v) is 17.9. The Morgan fingerprint density at radius 1 is 1.03 bits per heavy atom. The van der Waals surface area contributed by atoms with Gasteiger partial charge < -0.3 is 4.42 Å². The number of nitrogens with one attached hydrogen (secondary N) is 1. The molecule has 0 unspecified atom stereocenters. The average molecular weight is 464 g/mol. The molecule has 0 saturated carbocycles. The third kappa shape index (κ3) is 4.65. The van der Waals surface area contributed by atoms with E-state index in [0.29, 0.717) is 37.9 Å². The number of halogens is 3. The summed E-state index contributed by atoms with van der Waals surface area (Å²) in [6.07, 6.45) is 2.37. The zero-order chi connectivity index (χ0) is 20.4. The molecule has 4 nitrogen and oxygen atoms in total. The van der Waals surface area contributed by atoms with Crippen molar-refractivity contribution in [2.75, 3.05) is 5.32 Å². The molecule has 1 N–H and O–H groups in total. The van der Waals surface area contributed by atoms with Crippen LogP contribution in [0.3, 0.4) is 0 Å². The van der Waals surface area contributed by atoms with Crippen LogP contribution in [0.2, 0.25) is 15.1 Å². The van der Waals surface area contributed by atoms with Gasteiger partial charge in [-0.25, -0.2) is 4.98 Å². The molecule has 2 aromatic carbocycles. The molecule has 1 amide bonds. The summed E-state index contributed by atoms with van der Waals surface area (Å²) >= 11 is 19.7.